The van der Waals surface area contributed by atoms with Gasteiger partial charge in [-0.2, -0.15) is 0 Å². The van der Waals surface area contributed by atoms with E-state index in [4.69, 9.17) is 4.74 Å². The monoisotopic (exact) mass is 359 g/mol. The van der Waals surface area contributed by atoms with Gasteiger partial charge in [-0.3, -0.25) is 4.79 Å². The smallest absolute Gasteiger partial charge is 0.223 e. The minimum absolute atomic E-state index is 0.191. The van der Waals surface area contributed by atoms with Gasteiger partial charge in [-0.1, -0.05) is 32.3 Å². The molecule has 3 rings (SSSR count). The van der Waals surface area contributed by atoms with Crippen molar-refractivity contribution in [2.24, 2.45) is 11.8 Å². The summed E-state index contributed by atoms with van der Waals surface area (Å²) in [4.78, 5) is 19.4. The Bertz CT molecular complexity index is 564. The first-order valence-corrected chi connectivity index (χ1v) is 10.3. The number of anilines is 1. The van der Waals surface area contributed by atoms with Gasteiger partial charge in [-0.05, 0) is 37.7 Å². The van der Waals surface area contributed by atoms with E-state index in [-0.39, 0.29) is 11.8 Å². The fourth-order valence-electron chi connectivity index (χ4n) is 4.16. The lowest BCUT2D eigenvalue weighted by atomic mass is 9.79. The third-order valence-electron chi connectivity index (χ3n) is 5.81. The Morgan fingerprint density at radius 2 is 2.04 bits per heavy atom. The van der Waals surface area contributed by atoms with E-state index in [0.717, 1.165) is 56.4 Å². The fourth-order valence-corrected chi connectivity index (χ4v) is 4.16. The van der Waals surface area contributed by atoms with Crippen LogP contribution < -0.4 is 10.2 Å². The van der Waals surface area contributed by atoms with Crippen molar-refractivity contribution in [1.82, 2.24) is 10.3 Å². The van der Waals surface area contributed by atoms with E-state index >= 15 is 0 Å². The number of nitrogens with one attached hydrogen (secondary N) is 1. The first kappa shape index (κ1) is 19.2. The van der Waals surface area contributed by atoms with Crippen molar-refractivity contribution < 1.29 is 9.53 Å². The van der Waals surface area contributed by atoms with Gasteiger partial charge < -0.3 is 15.0 Å². The molecule has 2 heterocycles. The summed E-state index contributed by atoms with van der Waals surface area (Å²) in [6, 6.07) is 4.02. The number of ether oxygens (including phenoxy) is 1. The molecule has 144 valence electrons. The Labute approximate surface area is 157 Å². The maximum Gasteiger partial charge on any atom is 0.223 e. The number of hydrogen-bond donors (Lipinski definition) is 1. The van der Waals surface area contributed by atoms with Crippen LogP contribution in [0, 0.1) is 11.8 Å². The second kappa shape index (κ2) is 9.91. The minimum atomic E-state index is 0.191. The summed E-state index contributed by atoms with van der Waals surface area (Å²) in [6.07, 6.45) is 10.3. The molecule has 0 bridgehead atoms. The lowest BCUT2D eigenvalue weighted by Crippen LogP contribution is -2.38. The lowest BCUT2D eigenvalue weighted by Gasteiger charge is -2.30. The van der Waals surface area contributed by atoms with Gasteiger partial charge in [0.15, 0.2) is 0 Å². The molecule has 1 saturated heterocycles. The van der Waals surface area contributed by atoms with Crippen LogP contribution >= 0.6 is 0 Å². The molecule has 1 saturated carbocycles. The Hall–Kier alpha value is -1.62. The van der Waals surface area contributed by atoms with Crippen LogP contribution in [0.5, 0.6) is 0 Å². The Kier molecular flexibility index (Phi) is 7.30. The van der Waals surface area contributed by atoms with Crippen LogP contribution in [0.3, 0.4) is 0 Å². The van der Waals surface area contributed by atoms with Crippen molar-refractivity contribution in [2.45, 2.75) is 58.4 Å². The molecule has 0 unspecified atom stereocenters. The SMILES string of the molecule is CCCCC1CCC(C(=O)NCc2cccnc2N2CCOCC2)CC1. The molecule has 5 nitrogen and oxygen atoms in total. The molecule has 1 amide bonds. The molecule has 1 aromatic rings. The van der Waals surface area contributed by atoms with Gasteiger partial charge in [-0.15, -0.1) is 0 Å². The van der Waals surface area contributed by atoms with Crippen molar-refractivity contribution in [1.29, 1.82) is 0 Å². The maximum atomic E-state index is 12.6. The van der Waals surface area contributed by atoms with Gasteiger partial charge in [-0.25, -0.2) is 4.98 Å². The Balaban J connectivity index is 1.49. The highest BCUT2D eigenvalue weighted by Gasteiger charge is 2.26. The van der Waals surface area contributed by atoms with Crippen molar-refractivity contribution in [3.63, 3.8) is 0 Å². The van der Waals surface area contributed by atoms with Crippen LogP contribution in [0.25, 0.3) is 0 Å². The van der Waals surface area contributed by atoms with E-state index in [1.807, 2.05) is 12.3 Å². The van der Waals surface area contributed by atoms with Gasteiger partial charge in [0.2, 0.25) is 5.91 Å². The van der Waals surface area contributed by atoms with E-state index in [0.29, 0.717) is 6.54 Å². The lowest BCUT2D eigenvalue weighted by molar-refractivity contribution is -0.126. The standard InChI is InChI=1S/C21H33N3O2/c1-2-3-5-17-7-9-18(10-8-17)21(25)23-16-19-6-4-11-22-20(19)24-12-14-26-15-13-24/h4,6,11,17-18H,2-3,5,7-10,12-16H2,1H3,(H,23,25). The molecule has 5 heteroatoms. The van der Waals surface area contributed by atoms with E-state index < -0.39 is 0 Å². The third kappa shape index (κ3) is 5.19. The molecule has 1 aliphatic carbocycles. The molecule has 1 aliphatic heterocycles. The van der Waals surface area contributed by atoms with Gasteiger partial charge in [0, 0.05) is 37.3 Å². The molecule has 0 atom stereocenters. The van der Waals surface area contributed by atoms with E-state index in [2.05, 4.69) is 28.2 Å². The highest BCUT2D eigenvalue weighted by atomic mass is 16.5. The van der Waals surface area contributed by atoms with Crippen LogP contribution in [-0.4, -0.2) is 37.2 Å². The van der Waals surface area contributed by atoms with Gasteiger partial charge in [0.05, 0.1) is 13.2 Å². The molecule has 1 aromatic heterocycles. The summed E-state index contributed by atoms with van der Waals surface area (Å²) in [5.74, 6) is 2.23. The number of morpholine rings is 1. The molecule has 1 N–H and O–H groups in total. The summed E-state index contributed by atoms with van der Waals surface area (Å²) in [6.45, 7) is 6.02. The van der Waals surface area contributed by atoms with Crippen molar-refractivity contribution >= 4 is 11.7 Å². The number of rotatable bonds is 7. The molecule has 0 spiro atoms. The Morgan fingerprint density at radius 3 is 2.77 bits per heavy atom. The number of pyridine rings is 1. The predicted molar refractivity (Wildman–Crippen MR) is 104 cm³/mol. The highest BCUT2D eigenvalue weighted by Crippen LogP contribution is 2.32. The molecular weight excluding hydrogens is 326 g/mol. The topological polar surface area (TPSA) is 54.5 Å². The number of carbonyl (C=O) groups excluding carboxylic acids is 1. The number of nitrogens with zero attached hydrogens (tertiary/aromatic N) is 2. The largest absolute Gasteiger partial charge is 0.378 e. The number of unbranched alkanes of at least 4 members (excludes halogenated alkanes) is 1. The summed E-state index contributed by atoms with van der Waals surface area (Å²) in [7, 11) is 0. The van der Waals surface area contributed by atoms with E-state index in [1.165, 1.54) is 32.1 Å². The average Bonchev–Trinajstić information content (AvgIpc) is 2.71. The van der Waals surface area contributed by atoms with Crippen LogP contribution in [0.4, 0.5) is 5.82 Å². The highest BCUT2D eigenvalue weighted by molar-refractivity contribution is 5.78. The molecule has 0 aromatic carbocycles. The number of aromatic nitrogens is 1. The van der Waals surface area contributed by atoms with Crippen LogP contribution in [0.1, 0.15) is 57.4 Å². The van der Waals surface area contributed by atoms with Crippen LogP contribution in [0.15, 0.2) is 18.3 Å². The van der Waals surface area contributed by atoms with Crippen molar-refractivity contribution in [3.05, 3.63) is 23.9 Å². The minimum Gasteiger partial charge on any atom is -0.378 e. The average molecular weight is 360 g/mol. The van der Waals surface area contributed by atoms with Crippen molar-refractivity contribution in [3.8, 4) is 0 Å². The predicted octanol–water partition coefficient (Wildman–Crippen LogP) is 3.53. The number of amides is 1. The van der Waals surface area contributed by atoms with Crippen LogP contribution in [-0.2, 0) is 16.1 Å². The summed E-state index contributed by atoms with van der Waals surface area (Å²) in [5, 5.41) is 3.17. The first-order chi connectivity index (χ1) is 12.8. The number of hydrogen-bond acceptors (Lipinski definition) is 4. The molecule has 0 radical (unpaired) electrons. The molecule has 2 fully saturated rings. The second-order valence-electron chi connectivity index (χ2n) is 7.66. The zero-order valence-corrected chi connectivity index (χ0v) is 16.1. The first-order valence-electron chi connectivity index (χ1n) is 10.3. The number of carbonyl (C=O) groups is 1. The maximum absolute atomic E-state index is 12.6. The van der Waals surface area contributed by atoms with Gasteiger partial charge in [0.1, 0.15) is 5.82 Å². The van der Waals surface area contributed by atoms with E-state index in [9.17, 15) is 4.79 Å². The van der Waals surface area contributed by atoms with Gasteiger partial charge in [0.25, 0.3) is 0 Å². The van der Waals surface area contributed by atoms with Crippen molar-refractivity contribution in [2.75, 3.05) is 31.2 Å². The summed E-state index contributed by atoms with van der Waals surface area (Å²) in [5.41, 5.74) is 1.10. The van der Waals surface area contributed by atoms with Gasteiger partial charge >= 0.3 is 0 Å². The Morgan fingerprint density at radius 1 is 1.27 bits per heavy atom. The summed E-state index contributed by atoms with van der Waals surface area (Å²) >= 11 is 0. The molecule has 2 aliphatic rings. The molecular formula is C21H33N3O2. The zero-order chi connectivity index (χ0) is 18.2. The summed E-state index contributed by atoms with van der Waals surface area (Å²) < 4.78 is 5.43. The fraction of sp³-hybridized carbons (Fsp3) is 0.714. The van der Waals surface area contributed by atoms with Crippen LogP contribution in [0.2, 0.25) is 0 Å². The second-order valence-corrected chi connectivity index (χ2v) is 7.66. The third-order valence-corrected chi connectivity index (χ3v) is 5.81. The quantitative estimate of drug-likeness (QED) is 0.809. The zero-order valence-electron chi connectivity index (χ0n) is 16.1. The molecule has 26 heavy (non-hydrogen) atoms. The normalized spacial score (nSPS) is 23.7. The van der Waals surface area contributed by atoms with E-state index in [1.54, 1.807) is 0 Å².